The van der Waals surface area contributed by atoms with Gasteiger partial charge in [0.1, 0.15) is 5.78 Å². The fourth-order valence-corrected chi connectivity index (χ4v) is 1.61. The molecule has 1 rings (SSSR count). The lowest BCUT2D eigenvalue weighted by molar-refractivity contribution is -0.129. The van der Waals surface area contributed by atoms with Crippen LogP contribution in [0.15, 0.2) is 0 Å². The van der Waals surface area contributed by atoms with Crippen molar-refractivity contribution in [1.29, 1.82) is 0 Å². The Morgan fingerprint density at radius 1 is 1.46 bits per heavy atom. The van der Waals surface area contributed by atoms with Crippen molar-refractivity contribution in [2.75, 3.05) is 0 Å². The van der Waals surface area contributed by atoms with Crippen LogP contribution in [0.3, 0.4) is 0 Å². The largest absolute Gasteiger partial charge is 0.352 e. The van der Waals surface area contributed by atoms with Gasteiger partial charge >= 0.3 is 0 Å². The van der Waals surface area contributed by atoms with E-state index in [1.807, 2.05) is 0 Å². The molecule has 1 unspecified atom stereocenters. The van der Waals surface area contributed by atoms with E-state index in [-0.39, 0.29) is 29.6 Å². The molecule has 0 bridgehead atoms. The highest BCUT2D eigenvalue weighted by atomic mass is 16.2. The van der Waals surface area contributed by atoms with Gasteiger partial charge in [0.25, 0.3) is 0 Å². The zero-order valence-corrected chi connectivity index (χ0v) is 8.52. The molecular formula is C10H17NO2. The highest BCUT2D eigenvalue weighted by Gasteiger charge is 2.39. The number of hydrogen-bond donors (Lipinski definition) is 1. The van der Waals surface area contributed by atoms with Gasteiger partial charge in [-0.3, -0.25) is 9.59 Å². The Bertz CT molecular complexity index is 233. The quantitative estimate of drug-likeness (QED) is 0.670. The molecule has 0 aliphatic heterocycles. The third-order valence-corrected chi connectivity index (χ3v) is 2.77. The summed E-state index contributed by atoms with van der Waals surface area (Å²) in [4.78, 5) is 21.9. The van der Waals surface area contributed by atoms with Crippen LogP contribution in [-0.2, 0) is 9.59 Å². The Kier molecular flexibility index (Phi) is 2.74. The number of ketones is 1. The molecule has 74 valence electrons. The molecule has 1 fully saturated rings. The van der Waals surface area contributed by atoms with Crippen molar-refractivity contribution in [2.24, 2.45) is 5.41 Å². The normalized spacial score (nSPS) is 24.7. The standard InChI is InChI=1S/C10H17NO2/c1-7(12)6-9(13)11-8-4-5-10(8,2)3/h8H,4-6H2,1-3H3,(H,11,13). The summed E-state index contributed by atoms with van der Waals surface area (Å²) in [6.07, 6.45) is 2.21. The predicted octanol–water partition coefficient (Wildman–Crippen LogP) is 1.27. The molecule has 1 saturated carbocycles. The molecule has 0 radical (unpaired) electrons. The van der Waals surface area contributed by atoms with Crippen molar-refractivity contribution in [3.05, 3.63) is 0 Å². The molecule has 1 N–H and O–H groups in total. The van der Waals surface area contributed by atoms with E-state index in [1.54, 1.807) is 0 Å². The van der Waals surface area contributed by atoms with Gasteiger partial charge in [-0.25, -0.2) is 0 Å². The van der Waals surface area contributed by atoms with Crippen LogP contribution in [0.25, 0.3) is 0 Å². The van der Waals surface area contributed by atoms with Gasteiger partial charge in [-0.1, -0.05) is 13.8 Å². The van der Waals surface area contributed by atoms with Crippen molar-refractivity contribution < 1.29 is 9.59 Å². The second-order valence-corrected chi connectivity index (χ2v) is 4.53. The summed E-state index contributed by atoms with van der Waals surface area (Å²) in [5, 5.41) is 2.88. The van der Waals surface area contributed by atoms with E-state index >= 15 is 0 Å². The summed E-state index contributed by atoms with van der Waals surface area (Å²) in [6.45, 7) is 5.70. The van der Waals surface area contributed by atoms with Gasteiger partial charge < -0.3 is 5.32 Å². The number of Topliss-reactive ketones (excluding diaryl/α,β-unsaturated/α-hetero) is 1. The first kappa shape index (κ1) is 10.2. The summed E-state index contributed by atoms with van der Waals surface area (Å²) in [5.74, 6) is -0.208. The van der Waals surface area contributed by atoms with Crippen LogP contribution >= 0.6 is 0 Å². The van der Waals surface area contributed by atoms with Crippen LogP contribution in [0, 0.1) is 5.41 Å². The van der Waals surface area contributed by atoms with E-state index < -0.39 is 0 Å². The molecule has 0 heterocycles. The number of carbonyl (C=O) groups excluding carboxylic acids is 2. The minimum absolute atomic E-state index is 0.0204. The molecule has 0 saturated heterocycles. The van der Waals surface area contributed by atoms with E-state index in [0.717, 1.165) is 12.8 Å². The van der Waals surface area contributed by atoms with Crippen molar-refractivity contribution in [3.63, 3.8) is 0 Å². The molecule has 1 aliphatic rings. The number of amides is 1. The van der Waals surface area contributed by atoms with Crippen LogP contribution < -0.4 is 5.32 Å². The molecule has 0 spiro atoms. The van der Waals surface area contributed by atoms with Gasteiger partial charge in [-0.2, -0.15) is 0 Å². The third kappa shape index (κ3) is 2.54. The molecule has 13 heavy (non-hydrogen) atoms. The monoisotopic (exact) mass is 183 g/mol. The van der Waals surface area contributed by atoms with Crippen molar-refractivity contribution >= 4 is 11.7 Å². The smallest absolute Gasteiger partial charge is 0.227 e. The van der Waals surface area contributed by atoms with E-state index in [9.17, 15) is 9.59 Å². The lowest BCUT2D eigenvalue weighted by Crippen LogP contribution is -2.52. The van der Waals surface area contributed by atoms with E-state index in [4.69, 9.17) is 0 Å². The maximum atomic E-state index is 11.2. The predicted molar refractivity (Wildman–Crippen MR) is 50.2 cm³/mol. The van der Waals surface area contributed by atoms with Crippen molar-refractivity contribution in [3.8, 4) is 0 Å². The summed E-state index contributed by atoms with van der Waals surface area (Å²) >= 11 is 0. The van der Waals surface area contributed by atoms with Gasteiger partial charge in [0, 0.05) is 6.04 Å². The summed E-state index contributed by atoms with van der Waals surface area (Å²) in [6, 6.07) is 0.263. The SMILES string of the molecule is CC(=O)CC(=O)NC1CCC1(C)C. The maximum Gasteiger partial charge on any atom is 0.227 e. The van der Waals surface area contributed by atoms with Crippen LogP contribution in [0.5, 0.6) is 0 Å². The lowest BCUT2D eigenvalue weighted by Gasteiger charge is -2.44. The maximum absolute atomic E-state index is 11.2. The molecule has 1 aliphatic carbocycles. The van der Waals surface area contributed by atoms with E-state index in [1.165, 1.54) is 6.92 Å². The Balaban J connectivity index is 2.33. The van der Waals surface area contributed by atoms with Gasteiger partial charge in [0.05, 0.1) is 6.42 Å². The first-order valence-electron chi connectivity index (χ1n) is 4.70. The van der Waals surface area contributed by atoms with Gasteiger partial charge in [0.15, 0.2) is 0 Å². The first-order valence-corrected chi connectivity index (χ1v) is 4.70. The van der Waals surface area contributed by atoms with Gasteiger partial charge in [0.2, 0.25) is 5.91 Å². The Morgan fingerprint density at radius 3 is 2.38 bits per heavy atom. The van der Waals surface area contributed by atoms with E-state index in [0.29, 0.717) is 0 Å². The van der Waals surface area contributed by atoms with Gasteiger partial charge in [-0.15, -0.1) is 0 Å². The Labute approximate surface area is 78.9 Å². The second kappa shape index (κ2) is 3.48. The Morgan fingerprint density at radius 2 is 2.08 bits per heavy atom. The minimum Gasteiger partial charge on any atom is -0.352 e. The van der Waals surface area contributed by atoms with Crippen molar-refractivity contribution in [2.45, 2.75) is 46.1 Å². The molecule has 3 heteroatoms. The Hall–Kier alpha value is -0.860. The molecule has 0 aromatic carbocycles. The first-order chi connectivity index (χ1) is 5.92. The van der Waals surface area contributed by atoms with Crippen LogP contribution in [-0.4, -0.2) is 17.7 Å². The van der Waals surface area contributed by atoms with E-state index in [2.05, 4.69) is 19.2 Å². The summed E-state index contributed by atoms with van der Waals surface area (Å²) in [7, 11) is 0. The lowest BCUT2D eigenvalue weighted by atomic mass is 9.67. The average molecular weight is 183 g/mol. The number of hydrogen-bond acceptors (Lipinski definition) is 2. The number of carbonyl (C=O) groups is 2. The van der Waals surface area contributed by atoms with Crippen LogP contribution in [0.2, 0.25) is 0 Å². The number of rotatable bonds is 3. The zero-order chi connectivity index (χ0) is 10.1. The summed E-state index contributed by atoms with van der Waals surface area (Å²) < 4.78 is 0. The van der Waals surface area contributed by atoms with Gasteiger partial charge in [-0.05, 0) is 25.2 Å². The molecule has 3 nitrogen and oxygen atoms in total. The van der Waals surface area contributed by atoms with Crippen molar-refractivity contribution in [1.82, 2.24) is 5.32 Å². The fourth-order valence-electron chi connectivity index (χ4n) is 1.61. The second-order valence-electron chi connectivity index (χ2n) is 4.53. The molecule has 1 atom stereocenters. The topological polar surface area (TPSA) is 46.2 Å². The summed E-state index contributed by atoms with van der Waals surface area (Å²) in [5.41, 5.74) is 0.215. The molecule has 1 amide bonds. The number of nitrogens with one attached hydrogen (secondary N) is 1. The fraction of sp³-hybridized carbons (Fsp3) is 0.800. The average Bonchev–Trinajstić information content (AvgIpc) is 1.97. The van der Waals surface area contributed by atoms with Crippen LogP contribution in [0.1, 0.15) is 40.0 Å². The highest BCUT2D eigenvalue weighted by molar-refractivity contribution is 5.96. The highest BCUT2D eigenvalue weighted by Crippen LogP contribution is 2.39. The third-order valence-electron chi connectivity index (χ3n) is 2.77. The van der Waals surface area contributed by atoms with Crippen LogP contribution in [0.4, 0.5) is 0 Å². The molecule has 0 aromatic rings. The minimum atomic E-state index is -0.134. The molecule has 0 aromatic heterocycles. The molecular weight excluding hydrogens is 166 g/mol. The zero-order valence-electron chi connectivity index (χ0n) is 8.52.